The Balaban J connectivity index is 3.02. The maximum atomic E-state index is 3.72. The van der Waals surface area contributed by atoms with E-state index >= 15 is 0 Å². The molecule has 1 aromatic rings. The number of aryl methyl sites for hydroxylation is 1. The third-order valence-electron chi connectivity index (χ3n) is 0.686. The van der Waals surface area contributed by atoms with E-state index in [0.29, 0.717) is 0 Å². The van der Waals surface area contributed by atoms with E-state index in [2.05, 4.69) is 11.3 Å². The number of nitrogens with zero attached hydrogens (tertiary/aromatic N) is 2. The Morgan fingerprint density at radius 2 is 2.57 bits per heavy atom. The van der Waals surface area contributed by atoms with Crippen molar-refractivity contribution in [1.29, 1.82) is 0 Å². The lowest BCUT2D eigenvalue weighted by molar-refractivity contribution is -0.678. The minimum Gasteiger partial charge on any atom is -0.226 e. The van der Waals surface area contributed by atoms with E-state index in [0.717, 1.165) is 0 Å². The summed E-state index contributed by atoms with van der Waals surface area (Å²) in [4.78, 5) is 3.72. The molecule has 0 spiro atoms. The van der Waals surface area contributed by atoms with E-state index < -0.39 is 0 Å². The van der Waals surface area contributed by atoms with Crippen molar-refractivity contribution < 1.29 is 4.57 Å². The van der Waals surface area contributed by atoms with Crippen molar-refractivity contribution in [2.45, 2.75) is 0 Å². The van der Waals surface area contributed by atoms with Gasteiger partial charge in [0.05, 0.1) is 13.2 Å². The van der Waals surface area contributed by atoms with E-state index in [4.69, 9.17) is 0 Å². The van der Waals surface area contributed by atoms with Crippen LogP contribution in [0.5, 0.6) is 0 Å². The minimum absolute atomic E-state index is 1.69. The van der Waals surface area contributed by atoms with Gasteiger partial charge in [-0.15, -0.1) is 0 Å². The lowest BCUT2D eigenvalue weighted by Crippen LogP contribution is -2.27. The van der Waals surface area contributed by atoms with Gasteiger partial charge in [-0.1, -0.05) is 0 Å². The molecule has 0 aliphatic heterocycles. The molecule has 0 aliphatic carbocycles. The molecule has 0 unspecified atom stereocenters. The van der Waals surface area contributed by atoms with Gasteiger partial charge in [0.1, 0.15) is 6.20 Å². The first-order valence-corrected chi connectivity index (χ1v) is 2.08. The molecule has 35 valence electrons. The van der Waals surface area contributed by atoms with Crippen LogP contribution in [0.25, 0.3) is 0 Å². The molecule has 0 fully saturated rings. The van der Waals surface area contributed by atoms with Crippen molar-refractivity contribution in [3.8, 4) is 0 Å². The smallest absolute Gasteiger partial charge is 0.226 e. The summed E-state index contributed by atoms with van der Waals surface area (Å²) >= 11 is 0. The first-order valence-electron chi connectivity index (χ1n) is 2.08. The number of aromatic nitrogens is 2. The molecule has 0 atom stereocenters. The van der Waals surface area contributed by atoms with Crippen LogP contribution in [0.1, 0.15) is 0 Å². The molecule has 0 N–H and O–H groups in total. The zero-order valence-corrected chi connectivity index (χ0v) is 4.13. The van der Waals surface area contributed by atoms with E-state index in [-0.39, 0.29) is 0 Å². The maximum Gasteiger partial charge on any atom is 0.417 e. The van der Waals surface area contributed by atoms with Gasteiger partial charge in [-0.3, -0.25) is 0 Å². The second-order valence-corrected chi connectivity index (χ2v) is 1.33. The Morgan fingerprint density at radius 1 is 1.71 bits per heavy atom. The Labute approximate surface area is 42.4 Å². The van der Waals surface area contributed by atoms with Gasteiger partial charge >= 0.3 is 6.33 Å². The first kappa shape index (κ1) is 4.24. The van der Waals surface area contributed by atoms with Gasteiger partial charge < -0.3 is 0 Å². The van der Waals surface area contributed by atoms with Crippen LogP contribution in [0.3, 0.4) is 0 Å². The average Bonchev–Trinajstić information content (AvgIpc) is 1.69. The number of hydrogen-bond acceptors (Lipinski definition) is 1. The highest BCUT2D eigenvalue weighted by molar-refractivity contribution is 4.67. The summed E-state index contributed by atoms with van der Waals surface area (Å²) in [5.74, 6) is 0. The fraction of sp³-hybridized carbons (Fsp3) is 0.200. The Morgan fingerprint density at radius 3 is 2.86 bits per heavy atom. The normalized spacial score (nSPS) is 8.71. The summed E-state index contributed by atoms with van der Waals surface area (Å²) in [6, 6.07) is 1.86. The van der Waals surface area contributed by atoms with Crippen LogP contribution in [0, 0.1) is 6.33 Å². The molecule has 0 saturated heterocycles. The van der Waals surface area contributed by atoms with E-state index in [1.165, 1.54) is 0 Å². The van der Waals surface area contributed by atoms with Crippen LogP contribution in [-0.2, 0) is 7.05 Å². The van der Waals surface area contributed by atoms with E-state index in [9.17, 15) is 0 Å². The highest BCUT2D eigenvalue weighted by Gasteiger charge is 1.83. The van der Waals surface area contributed by atoms with Crippen LogP contribution in [0.15, 0.2) is 18.5 Å². The lowest BCUT2D eigenvalue weighted by Gasteiger charge is -1.75. The van der Waals surface area contributed by atoms with Crippen molar-refractivity contribution in [2.24, 2.45) is 7.05 Å². The minimum atomic E-state index is 1.69. The Bertz CT molecular complexity index is 136. The molecule has 2 heteroatoms. The van der Waals surface area contributed by atoms with Crippen LogP contribution < -0.4 is 4.57 Å². The average molecular weight is 94.1 g/mol. The topological polar surface area (TPSA) is 16.8 Å². The molecule has 0 saturated carbocycles. The van der Waals surface area contributed by atoms with Crippen LogP contribution in [0.4, 0.5) is 0 Å². The molecule has 1 heterocycles. The SMILES string of the molecule is C[n+]1[c]nccc1. The summed E-state index contributed by atoms with van der Waals surface area (Å²) in [5.41, 5.74) is 0. The van der Waals surface area contributed by atoms with Crippen molar-refractivity contribution in [3.63, 3.8) is 0 Å². The third-order valence-corrected chi connectivity index (χ3v) is 0.686. The zero-order valence-electron chi connectivity index (χ0n) is 4.13. The lowest BCUT2D eigenvalue weighted by atomic mass is 10.7. The van der Waals surface area contributed by atoms with Gasteiger partial charge in [-0.2, -0.15) is 0 Å². The van der Waals surface area contributed by atoms with Crippen molar-refractivity contribution in [2.75, 3.05) is 0 Å². The second-order valence-electron chi connectivity index (χ2n) is 1.33. The number of hydrogen-bond donors (Lipinski definition) is 0. The predicted molar refractivity (Wildman–Crippen MR) is 24.2 cm³/mol. The van der Waals surface area contributed by atoms with E-state index in [1.54, 1.807) is 10.8 Å². The summed E-state index contributed by atoms with van der Waals surface area (Å²) < 4.78 is 1.76. The molecule has 0 aliphatic rings. The fourth-order valence-electron chi connectivity index (χ4n) is 0.368. The van der Waals surface area contributed by atoms with Crippen molar-refractivity contribution >= 4 is 0 Å². The highest BCUT2D eigenvalue weighted by Crippen LogP contribution is 1.63. The molecule has 1 radical (unpaired) electrons. The van der Waals surface area contributed by atoms with Gasteiger partial charge in [0.2, 0.25) is 0 Å². The first-order chi connectivity index (χ1) is 3.39. The quantitative estimate of drug-likeness (QED) is 0.403. The standard InChI is InChI=1S/C5H6N2/c1-7-4-2-3-6-5-7/h2-4H,1H3/q+1. The largest absolute Gasteiger partial charge is 0.417 e. The van der Waals surface area contributed by atoms with Crippen LogP contribution in [0.2, 0.25) is 0 Å². The Hall–Kier alpha value is -0.920. The molecule has 0 aromatic carbocycles. The maximum absolute atomic E-state index is 3.72. The molecule has 7 heavy (non-hydrogen) atoms. The van der Waals surface area contributed by atoms with Gasteiger partial charge in [-0.25, -0.2) is 4.57 Å². The zero-order chi connectivity index (χ0) is 5.11. The van der Waals surface area contributed by atoms with Gasteiger partial charge in [0.25, 0.3) is 0 Å². The van der Waals surface area contributed by atoms with Crippen LogP contribution in [-0.4, -0.2) is 4.98 Å². The molecular formula is C5H6N2+. The molecular weight excluding hydrogens is 88.1 g/mol. The summed E-state index contributed by atoms with van der Waals surface area (Å²) in [6.45, 7) is 0. The van der Waals surface area contributed by atoms with Gasteiger partial charge in [-0.05, 0) is 4.98 Å². The monoisotopic (exact) mass is 94.1 g/mol. The van der Waals surface area contributed by atoms with Gasteiger partial charge in [0.15, 0.2) is 0 Å². The molecule has 1 aromatic heterocycles. The molecule has 2 nitrogen and oxygen atoms in total. The van der Waals surface area contributed by atoms with E-state index in [1.807, 2.05) is 19.3 Å². The third kappa shape index (κ3) is 0.961. The molecule has 1 rings (SSSR count). The van der Waals surface area contributed by atoms with Crippen molar-refractivity contribution in [3.05, 3.63) is 24.8 Å². The summed E-state index contributed by atoms with van der Waals surface area (Å²) in [6.07, 6.45) is 6.27. The number of rotatable bonds is 0. The highest BCUT2D eigenvalue weighted by atomic mass is 15.0. The molecule has 0 bridgehead atoms. The summed E-state index contributed by atoms with van der Waals surface area (Å²) in [7, 11) is 1.88. The van der Waals surface area contributed by atoms with Crippen LogP contribution >= 0.6 is 0 Å². The van der Waals surface area contributed by atoms with Gasteiger partial charge in [0, 0.05) is 6.07 Å². The fourth-order valence-corrected chi connectivity index (χ4v) is 0.368. The molecule has 0 amide bonds. The Kier molecular flexibility index (Phi) is 1.02. The predicted octanol–water partition coefficient (Wildman–Crippen LogP) is -0.294. The summed E-state index contributed by atoms with van der Waals surface area (Å²) in [5, 5.41) is 0. The van der Waals surface area contributed by atoms with Crippen molar-refractivity contribution in [1.82, 2.24) is 4.98 Å². The second kappa shape index (κ2) is 1.69.